The molecule has 0 aromatic heterocycles. The molecular formula is C5H15ClGe. The number of alkyl halides is 1. The fourth-order valence-corrected chi connectivity index (χ4v) is 0.533. The van der Waals surface area contributed by atoms with E-state index in [4.69, 9.17) is 11.6 Å². The zero-order chi connectivity index (χ0) is 4.83. The van der Waals surface area contributed by atoms with Crippen LogP contribution in [-0.4, -0.2) is 23.5 Å². The van der Waals surface area contributed by atoms with E-state index in [-0.39, 0.29) is 17.6 Å². The number of hydrogen-bond acceptors (Lipinski definition) is 0. The first-order chi connectivity index (χ1) is 2.91. The Morgan fingerprint density at radius 2 is 1.86 bits per heavy atom. The van der Waals surface area contributed by atoms with E-state index in [1.807, 2.05) is 0 Å². The second kappa shape index (κ2) is 9.95. The minimum atomic E-state index is 0. The van der Waals surface area contributed by atoms with Gasteiger partial charge in [0.25, 0.3) is 0 Å². The van der Waals surface area contributed by atoms with Gasteiger partial charge in [-0.25, -0.2) is 0 Å². The monoisotopic (exact) mass is 184 g/mol. The third-order valence-electron chi connectivity index (χ3n) is 0.737. The summed E-state index contributed by atoms with van der Waals surface area (Å²) in [4.78, 5) is 0. The fourth-order valence-electron chi connectivity index (χ4n) is 0.344. The Balaban J connectivity index is 0. The molecule has 46 valence electrons. The van der Waals surface area contributed by atoms with Gasteiger partial charge in [0.05, 0.1) is 0 Å². The first-order valence-corrected chi connectivity index (χ1v) is 3.01. The zero-order valence-corrected chi connectivity index (χ0v) is 4.96. The second-order valence-corrected chi connectivity index (χ2v) is 1.77. The van der Waals surface area contributed by atoms with Crippen molar-refractivity contribution in [2.24, 2.45) is 0 Å². The van der Waals surface area contributed by atoms with Crippen LogP contribution < -0.4 is 0 Å². The molecule has 0 N–H and O–H groups in total. The Kier molecular flexibility index (Phi) is 15.3. The summed E-state index contributed by atoms with van der Waals surface area (Å²) < 4.78 is 0. The van der Waals surface area contributed by atoms with E-state index in [0.717, 1.165) is 5.88 Å². The normalized spacial score (nSPS) is 7.71. The van der Waals surface area contributed by atoms with Gasteiger partial charge in [-0.1, -0.05) is 19.8 Å². The molecule has 0 fully saturated rings. The second-order valence-electron chi connectivity index (χ2n) is 1.40. The first kappa shape index (κ1) is 10.7. The van der Waals surface area contributed by atoms with Gasteiger partial charge in [-0.2, -0.15) is 0 Å². The Morgan fingerprint density at radius 3 is 2.00 bits per heavy atom. The van der Waals surface area contributed by atoms with Crippen LogP contribution in [0.2, 0.25) is 0 Å². The van der Waals surface area contributed by atoms with Crippen molar-refractivity contribution in [2.45, 2.75) is 26.2 Å². The van der Waals surface area contributed by atoms with Crippen LogP contribution >= 0.6 is 11.6 Å². The average molecular weight is 183 g/mol. The molecule has 0 aromatic rings. The van der Waals surface area contributed by atoms with Crippen molar-refractivity contribution in [3.05, 3.63) is 0 Å². The molecule has 0 unspecified atom stereocenters. The van der Waals surface area contributed by atoms with E-state index in [1.165, 1.54) is 19.3 Å². The quantitative estimate of drug-likeness (QED) is 0.347. The predicted octanol–water partition coefficient (Wildman–Crippen LogP) is 0.964. The summed E-state index contributed by atoms with van der Waals surface area (Å²) in [7, 11) is 0. The molecule has 0 aliphatic heterocycles. The maximum atomic E-state index is 5.38. The van der Waals surface area contributed by atoms with E-state index < -0.39 is 0 Å². The van der Waals surface area contributed by atoms with E-state index in [1.54, 1.807) is 0 Å². The molecule has 0 spiro atoms. The summed E-state index contributed by atoms with van der Waals surface area (Å²) in [6.45, 7) is 2.17. The fraction of sp³-hybridized carbons (Fsp3) is 1.00. The van der Waals surface area contributed by atoms with Gasteiger partial charge in [0.15, 0.2) is 0 Å². The van der Waals surface area contributed by atoms with E-state index in [9.17, 15) is 0 Å². The van der Waals surface area contributed by atoms with Crippen LogP contribution in [0.5, 0.6) is 0 Å². The van der Waals surface area contributed by atoms with Crippen LogP contribution in [0, 0.1) is 0 Å². The zero-order valence-electron chi connectivity index (χ0n) is 4.21. The predicted molar refractivity (Wildman–Crippen MR) is 41.6 cm³/mol. The van der Waals surface area contributed by atoms with Crippen LogP contribution in [0.15, 0.2) is 0 Å². The van der Waals surface area contributed by atoms with Crippen molar-refractivity contribution in [3.8, 4) is 0 Å². The number of hydrogen-bond donors (Lipinski definition) is 0. The van der Waals surface area contributed by atoms with E-state index >= 15 is 0 Å². The van der Waals surface area contributed by atoms with Crippen molar-refractivity contribution >= 4 is 29.2 Å². The van der Waals surface area contributed by atoms with Crippen molar-refractivity contribution in [3.63, 3.8) is 0 Å². The van der Waals surface area contributed by atoms with Crippen molar-refractivity contribution < 1.29 is 0 Å². The van der Waals surface area contributed by atoms with Gasteiger partial charge < -0.3 is 0 Å². The number of halogens is 1. The molecule has 0 radical (unpaired) electrons. The van der Waals surface area contributed by atoms with Crippen LogP contribution in [0.25, 0.3) is 0 Å². The standard InChI is InChI=1S/C5H11Cl.GeH4/c1-2-3-4-5-6;/h2-5H2,1H3;1H4. The molecule has 0 aromatic carbocycles. The summed E-state index contributed by atoms with van der Waals surface area (Å²) in [5.41, 5.74) is 0. The molecule has 0 aliphatic rings. The molecule has 0 heterocycles. The first-order valence-electron chi connectivity index (χ1n) is 2.47. The summed E-state index contributed by atoms with van der Waals surface area (Å²) in [6.07, 6.45) is 3.73. The Hall–Kier alpha value is 0.833. The van der Waals surface area contributed by atoms with Gasteiger partial charge in [-0.05, 0) is 6.42 Å². The third kappa shape index (κ3) is 10.9. The van der Waals surface area contributed by atoms with Crippen LogP contribution in [0.3, 0.4) is 0 Å². The van der Waals surface area contributed by atoms with E-state index in [0.29, 0.717) is 0 Å². The summed E-state index contributed by atoms with van der Waals surface area (Å²) in [5.74, 6) is 0.827. The van der Waals surface area contributed by atoms with E-state index in [2.05, 4.69) is 6.92 Å². The Bertz CT molecular complexity index is 20.0. The van der Waals surface area contributed by atoms with Crippen molar-refractivity contribution in [1.29, 1.82) is 0 Å². The molecule has 0 atom stereocenters. The van der Waals surface area contributed by atoms with Gasteiger partial charge in [0.2, 0.25) is 0 Å². The molecule has 0 aliphatic carbocycles. The maximum absolute atomic E-state index is 5.38. The van der Waals surface area contributed by atoms with Gasteiger partial charge in [-0.15, -0.1) is 11.6 Å². The van der Waals surface area contributed by atoms with Crippen molar-refractivity contribution in [2.75, 3.05) is 5.88 Å². The molecule has 0 rings (SSSR count). The SMILES string of the molecule is CCCCCCl.[GeH4]. The molecule has 7 heavy (non-hydrogen) atoms. The van der Waals surface area contributed by atoms with Gasteiger partial charge in [0.1, 0.15) is 0 Å². The molecule has 0 saturated heterocycles. The topological polar surface area (TPSA) is 0 Å². The third-order valence-corrected chi connectivity index (χ3v) is 1.00. The summed E-state index contributed by atoms with van der Waals surface area (Å²) in [5, 5.41) is 0. The Labute approximate surface area is 61.6 Å². The number of unbranched alkanes of at least 4 members (excludes halogenated alkanes) is 2. The number of rotatable bonds is 3. The van der Waals surface area contributed by atoms with Crippen LogP contribution in [0.1, 0.15) is 26.2 Å². The molecular weight excluding hydrogens is 168 g/mol. The molecule has 0 amide bonds. The summed E-state index contributed by atoms with van der Waals surface area (Å²) >= 11 is 5.38. The van der Waals surface area contributed by atoms with Gasteiger partial charge >= 0.3 is 17.6 Å². The van der Waals surface area contributed by atoms with Gasteiger partial charge in [-0.3, -0.25) is 0 Å². The van der Waals surface area contributed by atoms with Crippen molar-refractivity contribution in [1.82, 2.24) is 0 Å². The Morgan fingerprint density at radius 1 is 1.29 bits per heavy atom. The van der Waals surface area contributed by atoms with Crippen LogP contribution in [-0.2, 0) is 0 Å². The average Bonchev–Trinajstić information content (AvgIpc) is 1.61. The molecule has 0 saturated carbocycles. The molecule has 2 heteroatoms. The van der Waals surface area contributed by atoms with Gasteiger partial charge in [0, 0.05) is 5.88 Å². The minimum absolute atomic E-state index is 0. The molecule has 0 bridgehead atoms. The summed E-state index contributed by atoms with van der Waals surface area (Å²) in [6, 6.07) is 0. The van der Waals surface area contributed by atoms with Crippen LogP contribution in [0.4, 0.5) is 0 Å². The molecule has 0 nitrogen and oxygen atoms in total.